The van der Waals surface area contributed by atoms with Crippen LogP contribution in [0.3, 0.4) is 0 Å². The van der Waals surface area contributed by atoms with Crippen LogP contribution in [-0.2, 0) is 10.0 Å². The molecule has 1 amide bonds. The number of hydrogen-bond donors (Lipinski definition) is 0. The summed E-state index contributed by atoms with van der Waals surface area (Å²) >= 11 is 11.9. The van der Waals surface area contributed by atoms with Crippen LogP contribution in [0.15, 0.2) is 53.4 Å². The topological polar surface area (TPSA) is 70.6 Å². The highest BCUT2D eigenvalue weighted by Crippen LogP contribution is 2.23. The molecule has 0 aliphatic carbocycles. The Kier molecular flexibility index (Phi) is 5.72. The number of pyridine rings is 1. The van der Waals surface area contributed by atoms with E-state index in [9.17, 15) is 13.2 Å². The molecule has 30 heavy (non-hydrogen) atoms. The van der Waals surface area contributed by atoms with Crippen molar-refractivity contribution in [1.29, 1.82) is 0 Å². The Bertz CT molecular complexity index is 1220. The van der Waals surface area contributed by atoms with Crippen LogP contribution in [0, 0.1) is 6.92 Å². The van der Waals surface area contributed by atoms with Gasteiger partial charge in [0, 0.05) is 41.6 Å². The average molecular weight is 464 g/mol. The first-order valence-electron chi connectivity index (χ1n) is 9.37. The highest BCUT2D eigenvalue weighted by atomic mass is 35.5. The second kappa shape index (κ2) is 8.15. The van der Waals surface area contributed by atoms with Crippen molar-refractivity contribution >= 4 is 50.0 Å². The van der Waals surface area contributed by atoms with Crippen molar-refractivity contribution in [1.82, 2.24) is 14.2 Å². The van der Waals surface area contributed by atoms with E-state index in [1.807, 2.05) is 6.07 Å². The van der Waals surface area contributed by atoms with Crippen molar-refractivity contribution in [3.05, 3.63) is 69.8 Å². The number of amides is 1. The van der Waals surface area contributed by atoms with E-state index in [1.165, 1.54) is 16.4 Å². The Morgan fingerprint density at radius 2 is 1.57 bits per heavy atom. The van der Waals surface area contributed by atoms with Gasteiger partial charge in [-0.2, -0.15) is 4.31 Å². The number of rotatable bonds is 3. The molecule has 1 aromatic heterocycles. The van der Waals surface area contributed by atoms with Crippen molar-refractivity contribution < 1.29 is 13.2 Å². The molecule has 0 atom stereocenters. The maximum atomic E-state index is 13.1. The first kappa shape index (κ1) is 21.1. The van der Waals surface area contributed by atoms with Gasteiger partial charge in [-0.25, -0.2) is 8.42 Å². The van der Waals surface area contributed by atoms with E-state index in [2.05, 4.69) is 4.98 Å². The SMILES string of the molecule is Cc1nc2ccc(Cl)cc2cc1C(=O)N1CCN(S(=O)(=O)c2ccc(Cl)cc2)CC1. The molecule has 2 heterocycles. The Labute approximate surface area is 185 Å². The Balaban J connectivity index is 1.51. The minimum absolute atomic E-state index is 0.162. The van der Waals surface area contributed by atoms with Crippen molar-refractivity contribution in [2.24, 2.45) is 0 Å². The number of piperazine rings is 1. The van der Waals surface area contributed by atoms with E-state index >= 15 is 0 Å². The molecule has 2 aromatic carbocycles. The highest BCUT2D eigenvalue weighted by Gasteiger charge is 2.31. The third-order valence-corrected chi connectivity index (χ3v) is 7.57. The maximum absolute atomic E-state index is 13.1. The number of halogens is 2. The Morgan fingerprint density at radius 3 is 2.23 bits per heavy atom. The summed E-state index contributed by atoms with van der Waals surface area (Å²) in [6, 6.07) is 13.2. The average Bonchev–Trinajstić information content (AvgIpc) is 2.73. The summed E-state index contributed by atoms with van der Waals surface area (Å²) < 4.78 is 27.1. The molecule has 6 nitrogen and oxygen atoms in total. The lowest BCUT2D eigenvalue weighted by molar-refractivity contribution is 0.0697. The van der Waals surface area contributed by atoms with Gasteiger partial charge in [-0.3, -0.25) is 9.78 Å². The van der Waals surface area contributed by atoms with Gasteiger partial charge in [0.2, 0.25) is 10.0 Å². The van der Waals surface area contributed by atoms with E-state index in [4.69, 9.17) is 23.2 Å². The Morgan fingerprint density at radius 1 is 0.933 bits per heavy atom. The summed E-state index contributed by atoms with van der Waals surface area (Å²) in [7, 11) is -3.62. The lowest BCUT2D eigenvalue weighted by Crippen LogP contribution is -2.50. The molecule has 3 aromatic rings. The largest absolute Gasteiger partial charge is 0.336 e. The van der Waals surface area contributed by atoms with Crippen LogP contribution < -0.4 is 0 Å². The maximum Gasteiger partial charge on any atom is 0.255 e. The summed E-state index contributed by atoms with van der Waals surface area (Å²) in [6.07, 6.45) is 0. The van der Waals surface area contributed by atoms with Crippen LogP contribution in [0.2, 0.25) is 10.0 Å². The van der Waals surface area contributed by atoms with Crippen LogP contribution in [0.1, 0.15) is 16.1 Å². The highest BCUT2D eigenvalue weighted by molar-refractivity contribution is 7.89. The molecule has 4 rings (SSSR count). The van der Waals surface area contributed by atoms with E-state index in [1.54, 1.807) is 42.2 Å². The quantitative estimate of drug-likeness (QED) is 0.588. The molecule has 0 N–H and O–H groups in total. The number of nitrogens with zero attached hydrogens (tertiary/aromatic N) is 3. The van der Waals surface area contributed by atoms with Gasteiger partial charge in [0.1, 0.15) is 0 Å². The summed E-state index contributed by atoms with van der Waals surface area (Å²) in [6.45, 7) is 2.85. The fraction of sp³-hybridized carbons (Fsp3) is 0.238. The molecule has 0 saturated carbocycles. The van der Waals surface area contributed by atoms with E-state index in [0.717, 1.165) is 10.9 Å². The zero-order valence-corrected chi connectivity index (χ0v) is 18.5. The Hall–Kier alpha value is -2.19. The molecule has 0 unspecified atom stereocenters. The van der Waals surface area contributed by atoms with Crippen LogP contribution in [0.25, 0.3) is 10.9 Å². The molecule has 9 heteroatoms. The zero-order chi connectivity index (χ0) is 21.5. The fourth-order valence-electron chi connectivity index (χ4n) is 3.52. The lowest BCUT2D eigenvalue weighted by Gasteiger charge is -2.34. The number of benzene rings is 2. The van der Waals surface area contributed by atoms with Crippen molar-refractivity contribution in [2.45, 2.75) is 11.8 Å². The molecule has 0 radical (unpaired) electrons. The van der Waals surface area contributed by atoms with Crippen LogP contribution in [-0.4, -0.2) is 54.7 Å². The minimum atomic E-state index is -3.62. The van der Waals surface area contributed by atoms with Crippen LogP contribution >= 0.6 is 23.2 Å². The predicted octanol–water partition coefficient (Wildman–Crippen LogP) is 4.00. The van der Waals surface area contributed by atoms with Gasteiger partial charge in [-0.1, -0.05) is 23.2 Å². The molecular weight excluding hydrogens is 445 g/mol. The molecule has 156 valence electrons. The summed E-state index contributed by atoms with van der Waals surface area (Å²) in [5.74, 6) is -0.162. The second-order valence-corrected chi connectivity index (χ2v) is 9.92. The molecule has 0 bridgehead atoms. The summed E-state index contributed by atoms with van der Waals surface area (Å²) in [5.41, 5.74) is 1.90. The number of sulfonamides is 1. The fourth-order valence-corrected chi connectivity index (χ4v) is 5.25. The van der Waals surface area contributed by atoms with Gasteiger partial charge in [-0.05, 0) is 55.5 Å². The number of aryl methyl sites for hydroxylation is 1. The standard InChI is InChI=1S/C21H19Cl2N3O3S/c1-14-19(13-15-12-17(23)4-7-20(15)24-14)21(27)25-8-10-26(11-9-25)30(28,29)18-5-2-16(22)3-6-18/h2-7,12-13H,8-11H2,1H3. The molecule has 1 fully saturated rings. The van der Waals surface area contributed by atoms with E-state index in [-0.39, 0.29) is 23.9 Å². The van der Waals surface area contributed by atoms with E-state index < -0.39 is 10.0 Å². The minimum Gasteiger partial charge on any atom is -0.336 e. The van der Waals surface area contributed by atoms with Crippen molar-refractivity contribution in [3.63, 3.8) is 0 Å². The van der Waals surface area contributed by atoms with Crippen LogP contribution in [0.5, 0.6) is 0 Å². The van der Waals surface area contributed by atoms with Gasteiger partial charge in [0.05, 0.1) is 21.7 Å². The summed E-state index contributed by atoms with van der Waals surface area (Å²) in [4.78, 5) is 19.4. The number of hydrogen-bond acceptors (Lipinski definition) is 4. The van der Waals surface area contributed by atoms with Gasteiger partial charge in [0.25, 0.3) is 5.91 Å². The molecule has 1 aliphatic heterocycles. The molecule has 1 aliphatic rings. The zero-order valence-electron chi connectivity index (χ0n) is 16.2. The van der Waals surface area contributed by atoms with E-state index in [0.29, 0.717) is 34.4 Å². The first-order chi connectivity index (χ1) is 14.3. The first-order valence-corrected chi connectivity index (χ1v) is 11.6. The third kappa shape index (κ3) is 4.03. The summed E-state index contributed by atoms with van der Waals surface area (Å²) in [5, 5.41) is 1.85. The monoisotopic (exact) mass is 463 g/mol. The van der Waals surface area contributed by atoms with Gasteiger partial charge in [0.15, 0.2) is 0 Å². The van der Waals surface area contributed by atoms with Gasteiger partial charge in [-0.15, -0.1) is 0 Å². The van der Waals surface area contributed by atoms with Crippen molar-refractivity contribution in [2.75, 3.05) is 26.2 Å². The van der Waals surface area contributed by atoms with Gasteiger partial charge >= 0.3 is 0 Å². The predicted molar refractivity (Wildman–Crippen MR) is 118 cm³/mol. The smallest absolute Gasteiger partial charge is 0.255 e. The number of fused-ring (bicyclic) bond motifs is 1. The molecule has 0 spiro atoms. The lowest BCUT2D eigenvalue weighted by atomic mass is 10.1. The number of carbonyl (C=O) groups is 1. The van der Waals surface area contributed by atoms with Crippen LogP contribution in [0.4, 0.5) is 0 Å². The number of aromatic nitrogens is 1. The third-order valence-electron chi connectivity index (χ3n) is 5.18. The second-order valence-electron chi connectivity index (χ2n) is 7.11. The molecular formula is C21H19Cl2N3O3S. The molecule has 1 saturated heterocycles. The normalized spacial score (nSPS) is 15.5. The number of carbonyl (C=O) groups excluding carboxylic acids is 1. The van der Waals surface area contributed by atoms with Crippen molar-refractivity contribution in [3.8, 4) is 0 Å². The van der Waals surface area contributed by atoms with Gasteiger partial charge < -0.3 is 4.90 Å².